The van der Waals surface area contributed by atoms with E-state index in [1.54, 1.807) is 0 Å². The predicted octanol–water partition coefficient (Wildman–Crippen LogP) is 2.74. The summed E-state index contributed by atoms with van der Waals surface area (Å²) in [4.78, 5) is 0. The molecule has 0 radical (unpaired) electrons. The zero-order chi connectivity index (χ0) is 12.4. The van der Waals surface area contributed by atoms with E-state index in [4.69, 9.17) is 9.47 Å². The molecule has 0 atom stereocenters. The second-order valence-corrected chi connectivity index (χ2v) is 4.99. The van der Waals surface area contributed by atoms with Gasteiger partial charge in [-0.15, -0.1) is 0 Å². The first-order valence-corrected chi connectivity index (χ1v) is 7.23. The van der Waals surface area contributed by atoms with E-state index in [-0.39, 0.29) is 0 Å². The van der Waals surface area contributed by atoms with Gasteiger partial charge in [0, 0.05) is 18.7 Å². The monoisotopic (exact) mass is 243 g/mol. The van der Waals surface area contributed by atoms with Crippen LogP contribution in [0, 0.1) is 0 Å². The van der Waals surface area contributed by atoms with Crippen LogP contribution < -0.4 is 5.32 Å². The van der Waals surface area contributed by atoms with Crippen LogP contribution in [0.5, 0.6) is 0 Å². The Hall–Kier alpha value is -0.120. The van der Waals surface area contributed by atoms with E-state index in [0.29, 0.717) is 5.54 Å². The Balaban J connectivity index is 1.73. The molecule has 1 fully saturated rings. The van der Waals surface area contributed by atoms with Crippen molar-refractivity contribution in [2.45, 2.75) is 57.9 Å². The van der Waals surface area contributed by atoms with Crippen molar-refractivity contribution in [1.82, 2.24) is 5.32 Å². The van der Waals surface area contributed by atoms with Crippen LogP contribution in [0.2, 0.25) is 0 Å². The fourth-order valence-electron chi connectivity index (χ4n) is 1.97. The number of hydrogen-bond donors (Lipinski definition) is 1. The lowest BCUT2D eigenvalue weighted by atomic mass is 10.2. The molecule has 0 heterocycles. The Morgan fingerprint density at radius 1 is 0.941 bits per heavy atom. The van der Waals surface area contributed by atoms with Gasteiger partial charge < -0.3 is 14.8 Å². The number of unbranched alkanes of at least 4 members (excludes halogenated alkanes) is 2. The van der Waals surface area contributed by atoms with Gasteiger partial charge in [0.1, 0.15) is 0 Å². The summed E-state index contributed by atoms with van der Waals surface area (Å²) in [5.41, 5.74) is 0.472. The maximum Gasteiger partial charge on any atom is 0.0701 e. The van der Waals surface area contributed by atoms with Gasteiger partial charge in [-0.3, -0.25) is 0 Å². The van der Waals surface area contributed by atoms with E-state index >= 15 is 0 Å². The summed E-state index contributed by atoms with van der Waals surface area (Å²) in [6, 6.07) is 0. The van der Waals surface area contributed by atoms with Gasteiger partial charge in [-0.05, 0) is 25.7 Å². The van der Waals surface area contributed by atoms with Crippen molar-refractivity contribution in [3.05, 3.63) is 0 Å². The maximum atomic E-state index is 5.52. The molecule has 0 aromatic heterocycles. The number of rotatable bonds is 12. The van der Waals surface area contributed by atoms with Gasteiger partial charge in [-0.1, -0.05) is 26.7 Å². The summed E-state index contributed by atoms with van der Waals surface area (Å²) >= 11 is 0. The summed E-state index contributed by atoms with van der Waals surface area (Å²) in [6.45, 7) is 8.59. The molecule has 0 aromatic carbocycles. The zero-order valence-electron chi connectivity index (χ0n) is 11.6. The molecule has 1 aliphatic rings. The van der Waals surface area contributed by atoms with Crippen LogP contribution in [0.3, 0.4) is 0 Å². The smallest absolute Gasteiger partial charge is 0.0701 e. The van der Waals surface area contributed by atoms with Crippen LogP contribution in [-0.4, -0.2) is 38.5 Å². The van der Waals surface area contributed by atoms with E-state index < -0.39 is 0 Å². The third kappa shape index (κ3) is 7.02. The minimum atomic E-state index is 0.472. The fourth-order valence-corrected chi connectivity index (χ4v) is 1.97. The predicted molar refractivity (Wildman–Crippen MR) is 71.4 cm³/mol. The van der Waals surface area contributed by atoms with Crippen LogP contribution >= 0.6 is 0 Å². The highest BCUT2D eigenvalue weighted by Crippen LogP contribution is 2.37. The highest BCUT2D eigenvalue weighted by atomic mass is 16.5. The van der Waals surface area contributed by atoms with Gasteiger partial charge in [-0.2, -0.15) is 0 Å². The molecule has 1 aliphatic carbocycles. The second-order valence-electron chi connectivity index (χ2n) is 4.99. The molecule has 0 aliphatic heterocycles. The first-order valence-electron chi connectivity index (χ1n) is 7.23. The summed E-state index contributed by atoms with van der Waals surface area (Å²) in [7, 11) is 0. The van der Waals surface area contributed by atoms with Crippen LogP contribution in [0.25, 0.3) is 0 Å². The topological polar surface area (TPSA) is 30.5 Å². The van der Waals surface area contributed by atoms with Crippen molar-refractivity contribution in [2.75, 3.05) is 33.0 Å². The Morgan fingerprint density at radius 3 is 2.24 bits per heavy atom. The molecule has 1 saturated carbocycles. The standard InChI is InChI=1S/C14H29NO2/c1-3-5-6-10-16-12-13-17-11-9-15-14(4-2)7-8-14/h15H,3-13H2,1-2H3. The summed E-state index contributed by atoms with van der Waals surface area (Å²) in [5.74, 6) is 0. The number of ether oxygens (including phenoxy) is 2. The SMILES string of the molecule is CCCCCOCCOCCNC1(CC)CC1. The van der Waals surface area contributed by atoms with Gasteiger partial charge in [0.2, 0.25) is 0 Å². The van der Waals surface area contributed by atoms with Crippen molar-refractivity contribution >= 4 is 0 Å². The molecular weight excluding hydrogens is 214 g/mol. The minimum Gasteiger partial charge on any atom is -0.379 e. The molecule has 17 heavy (non-hydrogen) atoms. The van der Waals surface area contributed by atoms with E-state index in [2.05, 4.69) is 19.2 Å². The lowest BCUT2D eigenvalue weighted by Crippen LogP contribution is -2.33. The molecule has 0 bridgehead atoms. The quantitative estimate of drug-likeness (QED) is 0.535. The van der Waals surface area contributed by atoms with Crippen molar-refractivity contribution in [1.29, 1.82) is 0 Å². The first kappa shape index (κ1) is 14.9. The highest BCUT2D eigenvalue weighted by molar-refractivity contribution is 5.00. The second kappa shape index (κ2) is 8.90. The fraction of sp³-hybridized carbons (Fsp3) is 1.00. The van der Waals surface area contributed by atoms with Gasteiger partial charge in [-0.25, -0.2) is 0 Å². The van der Waals surface area contributed by atoms with E-state index in [9.17, 15) is 0 Å². The molecule has 1 rings (SSSR count). The average Bonchev–Trinajstić information content (AvgIpc) is 3.12. The Morgan fingerprint density at radius 2 is 1.65 bits per heavy atom. The highest BCUT2D eigenvalue weighted by Gasteiger charge is 2.39. The number of hydrogen-bond acceptors (Lipinski definition) is 3. The third-order valence-electron chi connectivity index (χ3n) is 3.54. The van der Waals surface area contributed by atoms with E-state index in [1.165, 1.54) is 38.5 Å². The van der Waals surface area contributed by atoms with Crippen LogP contribution in [0.4, 0.5) is 0 Å². The molecule has 3 nitrogen and oxygen atoms in total. The minimum absolute atomic E-state index is 0.472. The van der Waals surface area contributed by atoms with Gasteiger partial charge >= 0.3 is 0 Å². The first-order chi connectivity index (χ1) is 8.33. The molecule has 0 unspecified atom stereocenters. The maximum absolute atomic E-state index is 5.52. The van der Waals surface area contributed by atoms with Gasteiger partial charge in [0.25, 0.3) is 0 Å². The summed E-state index contributed by atoms with van der Waals surface area (Å²) in [5, 5.41) is 3.57. The molecule has 3 heteroatoms. The average molecular weight is 243 g/mol. The van der Waals surface area contributed by atoms with Crippen LogP contribution in [0.15, 0.2) is 0 Å². The molecule has 0 spiro atoms. The normalized spacial score (nSPS) is 17.3. The number of nitrogens with one attached hydrogen (secondary N) is 1. The molecule has 1 N–H and O–H groups in total. The largest absolute Gasteiger partial charge is 0.379 e. The lowest BCUT2D eigenvalue weighted by Gasteiger charge is -2.14. The zero-order valence-corrected chi connectivity index (χ0v) is 11.6. The summed E-state index contributed by atoms with van der Waals surface area (Å²) < 4.78 is 11.0. The molecule has 0 aromatic rings. The van der Waals surface area contributed by atoms with Crippen molar-refractivity contribution in [3.8, 4) is 0 Å². The van der Waals surface area contributed by atoms with Crippen LogP contribution in [0.1, 0.15) is 52.4 Å². The molecule has 0 saturated heterocycles. The molecule has 0 amide bonds. The third-order valence-corrected chi connectivity index (χ3v) is 3.54. The Labute approximate surface area is 106 Å². The van der Waals surface area contributed by atoms with E-state index in [1.807, 2.05) is 0 Å². The lowest BCUT2D eigenvalue weighted by molar-refractivity contribution is 0.0466. The molecule has 102 valence electrons. The van der Waals surface area contributed by atoms with Crippen molar-refractivity contribution in [2.24, 2.45) is 0 Å². The van der Waals surface area contributed by atoms with Crippen molar-refractivity contribution in [3.63, 3.8) is 0 Å². The van der Waals surface area contributed by atoms with Gasteiger partial charge in [0.05, 0.1) is 19.8 Å². The Bertz CT molecular complexity index is 181. The van der Waals surface area contributed by atoms with E-state index in [0.717, 1.165) is 33.0 Å². The molecular formula is C14H29NO2. The van der Waals surface area contributed by atoms with Crippen molar-refractivity contribution < 1.29 is 9.47 Å². The van der Waals surface area contributed by atoms with Gasteiger partial charge in [0.15, 0.2) is 0 Å². The Kier molecular flexibility index (Phi) is 7.82. The van der Waals surface area contributed by atoms with Crippen LogP contribution in [-0.2, 0) is 9.47 Å². The summed E-state index contributed by atoms with van der Waals surface area (Å²) in [6.07, 6.45) is 7.62.